The molecule has 1 aromatic rings. The maximum atomic E-state index is 12.0. The Morgan fingerprint density at radius 3 is 2.65 bits per heavy atom. The molecule has 94 valence electrons. The minimum Gasteiger partial charge on any atom is -0.349 e. The van der Waals surface area contributed by atoms with Crippen molar-refractivity contribution in [1.82, 2.24) is 5.32 Å². The first kappa shape index (κ1) is 14.3. The van der Waals surface area contributed by atoms with Gasteiger partial charge in [-0.25, -0.2) is 0 Å². The van der Waals surface area contributed by atoms with E-state index in [1.54, 1.807) is 18.2 Å². The largest absolute Gasteiger partial charge is 0.349 e. The summed E-state index contributed by atoms with van der Waals surface area (Å²) in [5.74, 6) is 0.658. The molecular formula is C13H17Cl2NO. The first-order chi connectivity index (χ1) is 7.97. The highest BCUT2D eigenvalue weighted by atomic mass is 35.5. The molecular weight excluding hydrogens is 257 g/mol. The molecule has 0 saturated heterocycles. The molecule has 0 saturated carbocycles. The van der Waals surface area contributed by atoms with Crippen molar-refractivity contribution in [2.75, 3.05) is 5.88 Å². The summed E-state index contributed by atoms with van der Waals surface area (Å²) < 4.78 is 0. The fourth-order valence-corrected chi connectivity index (χ4v) is 1.86. The Morgan fingerprint density at radius 1 is 1.41 bits per heavy atom. The van der Waals surface area contributed by atoms with Crippen LogP contribution in [0.15, 0.2) is 18.2 Å². The molecule has 0 bridgehead atoms. The first-order valence-corrected chi connectivity index (χ1v) is 6.50. The smallest absolute Gasteiger partial charge is 0.251 e. The minimum absolute atomic E-state index is 0.0402. The van der Waals surface area contributed by atoms with Gasteiger partial charge in [-0.1, -0.05) is 24.6 Å². The molecule has 0 spiro atoms. The van der Waals surface area contributed by atoms with Gasteiger partial charge in [0.1, 0.15) is 0 Å². The topological polar surface area (TPSA) is 29.1 Å². The molecule has 1 N–H and O–H groups in total. The van der Waals surface area contributed by atoms with E-state index in [0.29, 0.717) is 16.5 Å². The van der Waals surface area contributed by atoms with E-state index in [1.165, 1.54) is 0 Å². The van der Waals surface area contributed by atoms with Gasteiger partial charge < -0.3 is 5.32 Å². The van der Waals surface area contributed by atoms with Crippen LogP contribution in [-0.2, 0) is 0 Å². The molecule has 1 rings (SSSR count). The summed E-state index contributed by atoms with van der Waals surface area (Å²) in [5, 5.41) is 3.54. The molecule has 0 aliphatic heterocycles. The van der Waals surface area contributed by atoms with E-state index in [1.807, 2.05) is 20.8 Å². The molecule has 1 amide bonds. The molecule has 0 radical (unpaired) electrons. The standard InChI is InChI=1S/C13H17Cl2NO/c1-8(7-14)10(3)16-13(17)11-5-4-6-12(15)9(11)2/h4-6,8,10H,7H2,1-3H3,(H,16,17). The Balaban J connectivity index is 2.80. The van der Waals surface area contributed by atoms with Crippen LogP contribution >= 0.6 is 23.2 Å². The van der Waals surface area contributed by atoms with Crippen molar-refractivity contribution in [2.45, 2.75) is 26.8 Å². The molecule has 0 aromatic heterocycles. The van der Waals surface area contributed by atoms with Crippen LogP contribution in [0.3, 0.4) is 0 Å². The van der Waals surface area contributed by atoms with Crippen LogP contribution in [0.25, 0.3) is 0 Å². The monoisotopic (exact) mass is 273 g/mol. The second kappa shape index (κ2) is 6.27. The van der Waals surface area contributed by atoms with Crippen LogP contribution in [0.1, 0.15) is 29.8 Å². The van der Waals surface area contributed by atoms with E-state index in [0.717, 1.165) is 5.56 Å². The maximum Gasteiger partial charge on any atom is 0.251 e. The van der Waals surface area contributed by atoms with Gasteiger partial charge in [0.15, 0.2) is 0 Å². The van der Waals surface area contributed by atoms with Gasteiger partial charge in [0.25, 0.3) is 5.91 Å². The molecule has 0 aliphatic carbocycles. The minimum atomic E-state index is -0.102. The summed E-state index contributed by atoms with van der Waals surface area (Å²) >= 11 is 11.7. The van der Waals surface area contributed by atoms with E-state index < -0.39 is 0 Å². The number of rotatable bonds is 4. The van der Waals surface area contributed by atoms with E-state index in [9.17, 15) is 4.79 Å². The fourth-order valence-electron chi connectivity index (χ4n) is 1.41. The zero-order valence-electron chi connectivity index (χ0n) is 10.3. The summed E-state index contributed by atoms with van der Waals surface area (Å²) in [4.78, 5) is 12.0. The molecule has 0 heterocycles. The number of benzene rings is 1. The number of hydrogen-bond donors (Lipinski definition) is 1. The van der Waals surface area contributed by atoms with Crippen molar-refractivity contribution in [1.29, 1.82) is 0 Å². The number of nitrogens with one attached hydrogen (secondary N) is 1. The van der Waals surface area contributed by atoms with E-state index in [2.05, 4.69) is 5.32 Å². The van der Waals surface area contributed by atoms with Crippen LogP contribution < -0.4 is 5.32 Å². The highest BCUT2D eigenvalue weighted by Crippen LogP contribution is 2.19. The van der Waals surface area contributed by atoms with Crippen LogP contribution in [0.2, 0.25) is 5.02 Å². The van der Waals surface area contributed by atoms with Gasteiger partial charge in [-0.2, -0.15) is 0 Å². The van der Waals surface area contributed by atoms with Crippen molar-refractivity contribution >= 4 is 29.1 Å². The molecule has 0 fully saturated rings. The SMILES string of the molecule is Cc1c(Cl)cccc1C(=O)NC(C)C(C)CCl. The van der Waals surface area contributed by atoms with E-state index >= 15 is 0 Å². The number of amides is 1. The summed E-state index contributed by atoms with van der Waals surface area (Å²) in [7, 11) is 0. The van der Waals surface area contributed by atoms with Gasteiger partial charge in [-0.3, -0.25) is 4.79 Å². The van der Waals surface area contributed by atoms with Crippen molar-refractivity contribution in [3.63, 3.8) is 0 Å². The highest BCUT2D eigenvalue weighted by Gasteiger charge is 2.16. The molecule has 4 heteroatoms. The average Bonchev–Trinajstić information content (AvgIpc) is 2.31. The normalized spacial score (nSPS) is 14.2. The van der Waals surface area contributed by atoms with Gasteiger partial charge in [-0.15, -0.1) is 11.6 Å². The van der Waals surface area contributed by atoms with Gasteiger partial charge in [0.2, 0.25) is 0 Å². The Labute approximate surface area is 112 Å². The summed E-state index contributed by atoms with van der Waals surface area (Å²) in [6.45, 7) is 5.79. The fraction of sp³-hybridized carbons (Fsp3) is 0.462. The molecule has 2 unspecified atom stereocenters. The number of carbonyl (C=O) groups is 1. The number of alkyl halides is 1. The second-order valence-corrected chi connectivity index (χ2v) is 5.02. The third kappa shape index (κ3) is 3.62. The number of carbonyl (C=O) groups excluding carboxylic acids is 1. The lowest BCUT2D eigenvalue weighted by molar-refractivity contribution is 0.0930. The summed E-state index contributed by atoms with van der Waals surface area (Å²) in [5.41, 5.74) is 1.42. The number of hydrogen-bond acceptors (Lipinski definition) is 1. The van der Waals surface area contributed by atoms with Crippen LogP contribution in [-0.4, -0.2) is 17.8 Å². The van der Waals surface area contributed by atoms with E-state index in [4.69, 9.17) is 23.2 Å². The van der Waals surface area contributed by atoms with Gasteiger partial charge in [0.05, 0.1) is 0 Å². The Bertz CT molecular complexity index is 406. The van der Waals surface area contributed by atoms with Crippen molar-refractivity contribution in [3.05, 3.63) is 34.3 Å². The van der Waals surface area contributed by atoms with Crippen molar-refractivity contribution < 1.29 is 4.79 Å². The Hall–Kier alpha value is -0.730. The van der Waals surface area contributed by atoms with Crippen LogP contribution in [0.4, 0.5) is 0 Å². The molecule has 2 nitrogen and oxygen atoms in total. The van der Waals surface area contributed by atoms with E-state index in [-0.39, 0.29) is 17.9 Å². The van der Waals surface area contributed by atoms with Crippen LogP contribution in [0.5, 0.6) is 0 Å². The lowest BCUT2D eigenvalue weighted by Crippen LogP contribution is -2.38. The average molecular weight is 274 g/mol. The lowest BCUT2D eigenvalue weighted by atomic mass is 10.0. The number of halogens is 2. The first-order valence-electron chi connectivity index (χ1n) is 5.59. The zero-order valence-corrected chi connectivity index (χ0v) is 11.8. The third-order valence-electron chi connectivity index (χ3n) is 2.97. The predicted molar refractivity (Wildman–Crippen MR) is 73.0 cm³/mol. The lowest BCUT2D eigenvalue weighted by Gasteiger charge is -2.19. The third-order valence-corrected chi connectivity index (χ3v) is 3.86. The molecule has 1 aromatic carbocycles. The molecule has 17 heavy (non-hydrogen) atoms. The Morgan fingerprint density at radius 2 is 2.06 bits per heavy atom. The van der Waals surface area contributed by atoms with Crippen molar-refractivity contribution in [2.24, 2.45) is 5.92 Å². The quantitative estimate of drug-likeness (QED) is 0.834. The van der Waals surface area contributed by atoms with Crippen molar-refractivity contribution in [3.8, 4) is 0 Å². The van der Waals surface area contributed by atoms with Gasteiger partial charge >= 0.3 is 0 Å². The molecule has 0 aliphatic rings. The van der Waals surface area contributed by atoms with Crippen LogP contribution in [0, 0.1) is 12.8 Å². The molecule has 2 atom stereocenters. The maximum absolute atomic E-state index is 12.0. The Kier molecular flexibility index (Phi) is 5.29. The van der Waals surface area contributed by atoms with Gasteiger partial charge in [-0.05, 0) is 37.5 Å². The summed E-state index contributed by atoms with van der Waals surface area (Å²) in [6, 6.07) is 5.37. The van der Waals surface area contributed by atoms with Gasteiger partial charge in [0, 0.05) is 22.5 Å². The summed E-state index contributed by atoms with van der Waals surface area (Å²) in [6.07, 6.45) is 0. The predicted octanol–water partition coefficient (Wildman–Crippen LogP) is 3.64. The second-order valence-electron chi connectivity index (χ2n) is 4.31. The zero-order chi connectivity index (χ0) is 13.0. The highest BCUT2D eigenvalue weighted by molar-refractivity contribution is 6.31.